The van der Waals surface area contributed by atoms with Crippen LogP contribution in [-0.4, -0.2) is 63.1 Å². The van der Waals surface area contributed by atoms with E-state index < -0.39 is 27.2 Å². The Morgan fingerprint density at radius 1 is 1.48 bits per heavy atom. The average molecular weight is 321 g/mol. The van der Waals surface area contributed by atoms with E-state index in [1.54, 1.807) is 0 Å². The summed E-state index contributed by atoms with van der Waals surface area (Å²) < 4.78 is 30.4. The first-order chi connectivity index (χ1) is 9.84. The number of ether oxygens (including phenoxy) is 1. The molecule has 9 heteroatoms. The molecule has 0 aromatic rings. The summed E-state index contributed by atoms with van der Waals surface area (Å²) in [5, 5.41) is 1.39. The van der Waals surface area contributed by atoms with E-state index in [0.29, 0.717) is 32.5 Å². The number of sulfonamides is 1. The summed E-state index contributed by atoms with van der Waals surface area (Å²) in [6, 6.07) is 0. The number of piperidine rings is 1. The second kappa shape index (κ2) is 7.71. The Kier molecular flexibility index (Phi) is 6.56. The van der Waals surface area contributed by atoms with E-state index in [0.717, 1.165) is 7.11 Å². The minimum atomic E-state index is -3.81. The van der Waals surface area contributed by atoms with Crippen LogP contribution in [0.4, 0.5) is 0 Å². The lowest BCUT2D eigenvalue weighted by Gasteiger charge is -2.32. The Hall–Kier alpha value is -1.19. The van der Waals surface area contributed by atoms with Gasteiger partial charge in [0.05, 0.1) is 13.0 Å². The molecular weight excluding hydrogens is 298 g/mol. The van der Waals surface area contributed by atoms with Crippen molar-refractivity contribution in [3.8, 4) is 0 Å². The quantitative estimate of drug-likeness (QED) is 0.585. The Labute approximate surface area is 125 Å². The van der Waals surface area contributed by atoms with Crippen LogP contribution in [0.2, 0.25) is 0 Å². The number of hydrogen-bond donors (Lipinski definition) is 2. The number of esters is 1. The normalized spacial score (nSPS) is 21.6. The van der Waals surface area contributed by atoms with Crippen LogP contribution in [0.3, 0.4) is 0 Å². The monoisotopic (exact) mass is 321 g/mol. The zero-order chi connectivity index (χ0) is 16.0. The summed E-state index contributed by atoms with van der Waals surface area (Å²) in [5.41, 5.74) is 5.32. The Morgan fingerprint density at radius 3 is 2.71 bits per heavy atom. The van der Waals surface area contributed by atoms with Crippen molar-refractivity contribution in [1.82, 2.24) is 9.62 Å². The minimum absolute atomic E-state index is 0.0834. The van der Waals surface area contributed by atoms with Gasteiger partial charge >= 0.3 is 5.97 Å². The maximum atomic E-state index is 12.3. The van der Waals surface area contributed by atoms with Crippen molar-refractivity contribution in [1.29, 1.82) is 0 Å². The zero-order valence-corrected chi connectivity index (χ0v) is 13.2. The summed E-state index contributed by atoms with van der Waals surface area (Å²) >= 11 is 0. The zero-order valence-electron chi connectivity index (χ0n) is 12.4. The molecule has 21 heavy (non-hydrogen) atoms. The van der Waals surface area contributed by atoms with Crippen molar-refractivity contribution >= 4 is 21.9 Å². The highest BCUT2D eigenvalue weighted by Gasteiger charge is 2.38. The maximum Gasteiger partial charge on any atom is 0.325 e. The standard InChI is InChI=1S/C12H23N3O5S/c1-9(12(17)20-2)21(18,19)15-7-3-4-10(8-15)11(16)14-6-5-13/h9-10H,3-8,13H2,1-2H3,(H,14,16). The van der Waals surface area contributed by atoms with E-state index in [4.69, 9.17) is 5.73 Å². The fourth-order valence-electron chi connectivity index (χ4n) is 2.24. The molecule has 0 aromatic carbocycles. The summed E-state index contributed by atoms with van der Waals surface area (Å²) in [4.78, 5) is 23.3. The van der Waals surface area contributed by atoms with Gasteiger partial charge in [0.2, 0.25) is 15.9 Å². The third-order valence-electron chi connectivity index (χ3n) is 3.54. The van der Waals surface area contributed by atoms with Crippen molar-refractivity contribution in [2.75, 3.05) is 33.3 Å². The number of nitrogens with zero attached hydrogens (tertiary/aromatic N) is 1. The van der Waals surface area contributed by atoms with Gasteiger partial charge in [-0.1, -0.05) is 0 Å². The highest BCUT2D eigenvalue weighted by atomic mass is 32.2. The second-order valence-electron chi connectivity index (χ2n) is 4.99. The molecule has 0 bridgehead atoms. The molecule has 1 fully saturated rings. The number of carbonyl (C=O) groups is 2. The SMILES string of the molecule is COC(=O)C(C)S(=O)(=O)N1CCCC(C(=O)NCCN)C1. The minimum Gasteiger partial charge on any atom is -0.468 e. The van der Waals surface area contributed by atoms with Crippen molar-refractivity contribution < 1.29 is 22.7 Å². The molecule has 1 amide bonds. The third kappa shape index (κ3) is 4.39. The highest BCUT2D eigenvalue weighted by Crippen LogP contribution is 2.22. The topological polar surface area (TPSA) is 119 Å². The van der Waals surface area contributed by atoms with E-state index in [9.17, 15) is 18.0 Å². The van der Waals surface area contributed by atoms with Crippen LogP contribution in [0.5, 0.6) is 0 Å². The van der Waals surface area contributed by atoms with Crippen LogP contribution in [0.25, 0.3) is 0 Å². The summed E-state index contributed by atoms with van der Waals surface area (Å²) in [7, 11) is -2.66. The summed E-state index contributed by atoms with van der Waals surface area (Å²) in [6.07, 6.45) is 1.20. The molecule has 1 saturated heterocycles. The van der Waals surface area contributed by atoms with Crippen LogP contribution in [0.15, 0.2) is 0 Å². The van der Waals surface area contributed by atoms with Gasteiger partial charge in [0, 0.05) is 26.2 Å². The predicted octanol–water partition coefficient (Wildman–Crippen LogP) is -1.34. The van der Waals surface area contributed by atoms with Crippen molar-refractivity contribution in [3.63, 3.8) is 0 Å². The molecule has 122 valence electrons. The molecule has 2 atom stereocenters. The lowest BCUT2D eigenvalue weighted by Crippen LogP contribution is -2.49. The number of carbonyl (C=O) groups excluding carboxylic acids is 2. The number of hydrogen-bond acceptors (Lipinski definition) is 6. The summed E-state index contributed by atoms with van der Waals surface area (Å²) in [5.74, 6) is -1.42. The van der Waals surface area contributed by atoms with Gasteiger partial charge in [0.25, 0.3) is 0 Å². The maximum absolute atomic E-state index is 12.3. The molecule has 8 nitrogen and oxygen atoms in total. The lowest BCUT2D eigenvalue weighted by atomic mass is 9.99. The predicted molar refractivity (Wildman–Crippen MR) is 76.8 cm³/mol. The number of amides is 1. The van der Waals surface area contributed by atoms with Gasteiger partial charge in [0.15, 0.2) is 5.25 Å². The van der Waals surface area contributed by atoms with Crippen LogP contribution in [0.1, 0.15) is 19.8 Å². The molecule has 0 aliphatic carbocycles. The number of rotatable bonds is 6. The molecule has 0 spiro atoms. The third-order valence-corrected chi connectivity index (χ3v) is 5.68. The van der Waals surface area contributed by atoms with E-state index in [1.165, 1.54) is 11.2 Å². The molecule has 0 radical (unpaired) electrons. The van der Waals surface area contributed by atoms with E-state index >= 15 is 0 Å². The smallest absolute Gasteiger partial charge is 0.325 e. The van der Waals surface area contributed by atoms with Gasteiger partial charge in [-0.15, -0.1) is 0 Å². The first-order valence-corrected chi connectivity index (χ1v) is 8.39. The molecule has 0 aromatic heterocycles. The molecule has 1 heterocycles. The molecule has 1 aliphatic heterocycles. The second-order valence-corrected chi connectivity index (χ2v) is 7.24. The first-order valence-electron chi connectivity index (χ1n) is 6.89. The van der Waals surface area contributed by atoms with Gasteiger partial charge in [-0.25, -0.2) is 12.7 Å². The summed E-state index contributed by atoms with van der Waals surface area (Å²) in [6.45, 7) is 2.38. The average Bonchev–Trinajstić information content (AvgIpc) is 2.50. The van der Waals surface area contributed by atoms with Crippen molar-refractivity contribution in [2.24, 2.45) is 11.7 Å². The number of methoxy groups -OCH3 is 1. The van der Waals surface area contributed by atoms with Gasteiger partial charge in [-0.05, 0) is 19.8 Å². The van der Waals surface area contributed by atoms with Gasteiger partial charge < -0.3 is 15.8 Å². The fourth-order valence-corrected chi connectivity index (χ4v) is 3.80. The Bertz CT molecular complexity index is 479. The van der Waals surface area contributed by atoms with Crippen molar-refractivity contribution in [2.45, 2.75) is 25.0 Å². The van der Waals surface area contributed by atoms with E-state index in [2.05, 4.69) is 10.1 Å². The Morgan fingerprint density at radius 2 is 2.14 bits per heavy atom. The van der Waals surface area contributed by atoms with E-state index in [1.807, 2.05) is 0 Å². The number of nitrogens with two attached hydrogens (primary N) is 1. The highest BCUT2D eigenvalue weighted by molar-refractivity contribution is 7.90. The first kappa shape index (κ1) is 17.9. The van der Waals surface area contributed by atoms with Gasteiger partial charge in [-0.2, -0.15) is 0 Å². The molecule has 0 saturated carbocycles. The van der Waals surface area contributed by atoms with Crippen LogP contribution >= 0.6 is 0 Å². The molecule has 2 unspecified atom stereocenters. The fraction of sp³-hybridized carbons (Fsp3) is 0.833. The lowest BCUT2D eigenvalue weighted by molar-refractivity contribution is -0.139. The Balaban J connectivity index is 2.75. The molecule has 1 aliphatic rings. The van der Waals surface area contributed by atoms with Crippen LogP contribution in [0, 0.1) is 5.92 Å². The van der Waals surface area contributed by atoms with E-state index in [-0.39, 0.29) is 12.5 Å². The molecular formula is C12H23N3O5S. The largest absolute Gasteiger partial charge is 0.468 e. The molecule has 3 N–H and O–H groups in total. The van der Waals surface area contributed by atoms with Crippen LogP contribution < -0.4 is 11.1 Å². The van der Waals surface area contributed by atoms with Gasteiger partial charge in [0.1, 0.15) is 0 Å². The van der Waals surface area contributed by atoms with Crippen LogP contribution in [-0.2, 0) is 24.3 Å². The van der Waals surface area contributed by atoms with Gasteiger partial charge in [-0.3, -0.25) is 9.59 Å². The van der Waals surface area contributed by atoms with Crippen molar-refractivity contribution in [3.05, 3.63) is 0 Å². The number of nitrogens with one attached hydrogen (secondary N) is 1. The molecule has 1 rings (SSSR count).